The summed E-state index contributed by atoms with van der Waals surface area (Å²) >= 11 is -4.09. The van der Waals surface area contributed by atoms with Crippen molar-refractivity contribution < 1.29 is 75.9 Å². The van der Waals surface area contributed by atoms with E-state index in [1.807, 2.05) is 12.1 Å². The van der Waals surface area contributed by atoms with Crippen LogP contribution in [0, 0.1) is 0 Å². The quantitative estimate of drug-likeness (QED) is 0.140. The summed E-state index contributed by atoms with van der Waals surface area (Å²) in [7, 11) is -12.3. The second-order valence-electron chi connectivity index (χ2n) is 10.5. The smallest absolute Gasteiger partial charge is 0.128 e. The van der Waals surface area contributed by atoms with Crippen molar-refractivity contribution in [2.24, 2.45) is 0 Å². The van der Waals surface area contributed by atoms with Gasteiger partial charge in [-0.05, 0) is 33.7 Å². The minimum atomic E-state index is -6.14. The number of hydrogen-bond acceptors (Lipinski definition) is 12. The monoisotopic (exact) mass is 994 g/mol. The molecule has 5 rings (SSSR count). The minimum Gasteiger partial charge on any atom is -0.491 e. The van der Waals surface area contributed by atoms with Gasteiger partial charge in [-0.2, -0.15) is 0 Å². The molecule has 0 aliphatic carbocycles. The number of hydrogen-bond donors (Lipinski definition) is 0. The molecule has 1 aliphatic heterocycles. The van der Waals surface area contributed by atoms with E-state index in [4.69, 9.17) is 28.4 Å². The Hall–Kier alpha value is -2.84. The second kappa shape index (κ2) is 19.7. The number of fused-ring (bicyclic) bond motifs is 7. The van der Waals surface area contributed by atoms with Crippen molar-refractivity contribution in [1.82, 2.24) is 0 Å². The second-order valence-corrected chi connectivity index (χ2v) is 18.1. The van der Waals surface area contributed by atoms with Crippen LogP contribution in [0.3, 0.4) is 0 Å². The van der Waals surface area contributed by atoms with Crippen LogP contribution < -0.4 is 9.47 Å². The Labute approximate surface area is 313 Å². The standard InChI is InChI=1S/C30H32O6.2CHF3O3S.Pb/c1-3-7-25-23(5-1)9-11-27-29(25)30-26-8-4-2-6-24(26)10-12-28(30)36-22-20-34-18-16-32-14-13-31-15-17-33-19-21-35-27;2*2-1(3,4)8(5,6)7;/h1-12H,13-22H2;2*(H,5,6,7);/q;;;+2/p-2. The molecule has 1 heterocycles. The number of ether oxygens (including phenoxy) is 6. The Kier molecular flexibility index (Phi) is 15.9. The molecule has 0 spiro atoms. The Bertz CT molecular complexity index is 1870. The molecule has 1 aliphatic rings. The molecule has 4 aromatic carbocycles. The molecule has 290 valence electrons. The van der Waals surface area contributed by atoms with E-state index in [1.165, 1.54) is 0 Å². The third-order valence-electron chi connectivity index (χ3n) is 6.97. The van der Waals surface area contributed by atoms with Gasteiger partial charge in [-0.25, -0.2) is 0 Å². The van der Waals surface area contributed by atoms with Crippen LogP contribution in [-0.4, -0.2) is 119 Å². The predicted octanol–water partition coefficient (Wildman–Crippen LogP) is 5.75. The summed E-state index contributed by atoms with van der Waals surface area (Å²) in [5.74, 6) is 1.61. The van der Waals surface area contributed by atoms with Gasteiger partial charge in [0.25, 0.3) is 0 Å². The van der Waals surface area contributed by atoms with Gasteiger partial charge < -0.3 is 28.4 Å². The fourth-order valence-electron chi connectivity index (χ4n) is 4.64. The van der Waals surface area contributed by atoms with Crippen LogP contribution in [0.2, 0.25) is 0 Å². The zero-order chi connectivity index (χ0) is 38.5. The van der Waals surface area contributed by atoms with Crippen molar-refractivity contribution in [3.05, 3.63) is 72.8 Å². The van der Waals surface area contributed by atoms with E-state index >= 15 is 0 Å². The maximum atomic E-state index is 11.6. The van der Waals surface area contributed by atoms with E-state index in [2.05, 4.69) is 64.9 Å². The molecule has 0 saturated carbocycles. The van der Waals surface area contributed by atoms with Crippen molar-refractivity contribution in [2.45, 2.75) is 11.0 Å². The van der Waals surface area contributed by atoms with Crippen molar-refractivity contribution in [1.29, 1.82) is 0 Å². The predicted molar refractivity (Wildman–Crippen MR) is 179 cm³/mol. The molecule has 0 bridgehead atoms. The van der Waals surface area contributed by atoms with Crippen LogP contribution in [0.15, 0.2) is 72.8 Å². The van der Waals surface area contributed by atoms with E-state index in [9.17, 15) is 43.2 Å². The molecule has 4 aromatic rings. The summed E-state index contributed by atoms with van der Waals surface area (Å²) < 4.78 is 151. The first-order chi connectivity index (χ1) is 25.1. The van der Waals surface area contributed by atoms with E-state index < -0.39 is 56.4 Å². The summed E-state index contributed by atoms with van der Waals surface area (Å²) in [5, 5.41) is 4.51. The van der Waals surface area contributed by atoms with Gasteiger partial charge >= 0.3 is 104 Å². The Balaban J connectivity index is 0.000000313. The van der Waals surface area contributed by atoms with Gasteiger partial charge in [-0.15, -0.1) is 0 Å². The third kappa shape index (κ3) is 12.3. The van der Waals surface area contributed by atoms with Crippen molar-refractivity contribution in [2.75, 3.05) is 66.1 Å². The first kappa shape index (κ1) is 42.9. The molecule has 0 unspecified atom stereocenters. The third-order valence-corrected chi connectivity index (χ3v) is 15.4. The van der Waals surface area contributed by atoms with Gasteiger partial charge in [0.2, 0.25) is 0 Å². The van der Waals surface area contributed by atoms with Crippen LogP contribution in [0.1, 0.15) is 0 Å². The van der Waals surface area contributed by atoms with Gasteiger partial charge in [0.05, 0.1) is 52.9 Å². The van der Waals surface area contributed by atoms with Gasteiger partial charge in [0.1, 0.15) is 24.7 Å². The van der Waals surface area contributed by atoms with Crippen LogP contribution in [0.4, 0.5) is 26.3 Å². The van der Waals surface area contributed by atoms with Gasteiger partial charge in [-0.1, -0.05) is 60.7 Å². The zero-order valence-electron chi connectivity index (χ0n) is 27.5. The molecule has 53 heavy (non-hydrogen) atoms. The molecule has 0 amide bonds. The van der Waals surface area contributed by atoms with Gasteiger partial charge in [0, 0.05) is 11.1 Å². The Morgan fingerprint density at radius 3 is 1.13 bits per heavy atom. The molecule has 12 nitrogen and oxygen atoms in total. The fraction of sp³-hybridized carbons (Fsp3) is 0.375. The first-order valence-electron chi connectivity index (χ1n) is 15.5. The van der Waals surface area contributed by atoms with E-state index in [0.29, 0.717) is 66.1 Å². The molecule has 2 radical (unpaired) electrons. The van der Waals surface area contributed by atoms with Gasteiger partial charge in [-0.3, -0.25) is 0 Å². The van der Waals surface area contributed by atoms with Crippen LogP contribution in [0.5, 0.6) is 11.5 Å². The fourth-order valence-corrected chi connectivity index (χ4v) is 10.4. The number of benzene rings is 4. The molecule has 0 N–H and O–H groups in total. The van der Waals surface area contributed by atoms with E-state index in [1.54, 1.807) is 0 Å². The van der Waals surface area contributed by atoms with Crippen molar-refractivity contribution in [3.63, 3.8) is 0 Å². The van der Waals surface area contributed by atoms with Crippen molar-refractivity contribution in [3.8, 4) is 22.6 Å². The SMILES string of the molecule is O=S(=O)([O][Pb][O]S(=O)(=O)C(F)(F)F)C(F)(F)F.c1ccc2c3c(ccc2c1)OCCOCCOCCOCCOCCOc1ccc2ccccc2c1-3. The average Bonchev–Trinajstić information content (AvgIpc) is 3.10. The van der Waals surface area contributed by atoms with Crippen LogP contribution in [-0.2, 0) is 43.5 Å². The average molecular weight is 994 g/mol. The minimum absolute atomic E-state index is 0.434. The summed E-state index contributed by atoms with van der Waals surface area (Å²) in [6.45, 7) is 4.96. The Morgan fingerprint density at radius 2 is 0.792 bits per heavy atom. The molecule has 0 atom stereocenters. The molecular weight excluding hydrogens is 962 g/mol. The molecular formula is C32H32F6O12PbS2. The zero-order valence-corrected chi connectivity index (χ0v) is 33.0. The molecule has 0 aromatic heterocycles. The normalized spacial score (nSPS) is 16.3. The topological polar surface area (TPSA) is 142 Å². The largest absolute Gasteiger partial charge is 0.491 e. The number of rotatable bonds is 4. The number of halogens is 6. The van der Waals surface area contributed by atoms with Crippen LogP contribution in [0.25, 0.3) is 32.7 Å². The summed E-state index contributed by atoms with van der Waals surface area (Å²) in [6, 6.07) is 25.0. The maximum absolute atomic E-state index is 11.6. The molecule has 0 saturated heterocycles. The molecule has 21 heteroatoms. The van der Waals surface area contributed by atoms with Crippen molar-refractivity contribution >= 4 is 66.9 Å². The van der Waals surface area contributed by atoms with Gasteiger partial charge in [0.15, 0.2) is 0 Å². The van der Waals surface area contributed by atoms with E-state index in [-0.39, 0.29) is 0 Å². The maximum Gasteiger partial charge on any atom is 0.128 e. The Morgan fingerprint density at radius 1 is 0.472 bits per heavy atom. The first-order valence-corrected chi connectivity index (χ1v) is 21.5. The summed E-state index contributed by atoms with van der Waals surface area (Å²) in [6.07, 6.45) is 0. The summed E-state index contributed by atoms with van der Waals surface area (Å²) in [4.78, 5) is 0. The summed E-state index contributed by atoms with van der Waals surface area (Å²) in [5.41, 5.74) is -9.67. The van der Waals surface area contributed by atoms with Crippen LogP contribution >= 0.6 is 0 Å². The van der Waals surface area contributed by atoms with E-state index in [0.717, 1.165) is 44.2 Å². The number of alkyl halides is 6. The molecule has 0 fully saturated rings.